The molecule has 40 heavy (non-hydrogen) atoms. The van der Waals surface area contributed by atoms with Crippen LogP contribution in [0.4, 0.5) is 0 Å². The molecule has 2 bridgehead atoms. The highest BCUT2D eigenvalue weighted by molar-refractivity contribution is 5.99. The van der Waals surface area contributed by atoms with Crippen molar-refractivity contribution in [2.45, 2.75) is 63.7 Å². The zero-order chi connectivity index (χ0) is 28.2. The van der Waals surface area contributed by atoms with E-state index < -0.39 is 41.0 Å². The Morgan fingerprint density at radius 2 is 1.85 bits per heavy atom. The van der Waals surface area contributed by atoms with Crippen molar-refractivity contribution in [3.8, 4) is 0 Å². The molecule has 3 fully saturated rings. The van der Waals surface area contributed by atoms with Gasteiger partial charge in [0.25, 0.3) is 0 Å². The van der Waals surface area contributed by atoms with Crippen LogP contribution in [0.1, 0.15) is 32.8 Å². The normalized spacial score (nSPS) is 31.4. The second-order valence-electron chi connectivity index (χ2n) is 11.5. The number of fused-ring (bicyclic) bond motifs is 2. The van der Waals surface area contributed by atoms with Gasteiger partial charge in [-0.15, -0.1) is 5.10 Å². The van der Waals surface area contributed by atoms with Gasteiger partial charge in [-0.3, -0.25) is 14.4 Å². The molecule has 0 radical (unpaired) electrons. The average molecular weight is 547 g/mol. The minimum absolute atomic E-state index is 0.0416. The molecule has 2 aromatic carbocycles. The van der Waals surface area contributed by atoms with Crippen molar-refractivity contribution < 1.29 is 24.2 Å². The molecule has 0 aliphatic carbocycles. The molecule has 3 N–H and O–H groups in total. The fourth-order valence-electron chi connectivity index (χ4n) is 7.12. The van der Waals surface area contributed by atoms with Crippen molar-refractivity contribution in [1.82, 2.24) is 30.5 Å². The van der Waals surface area contributed by atoms with Crippen molar-refractivity contribution >= 4 is 28.8 Å². The Bertz CT molecular complexity index is 1460. The number of nitrogens with one attached hydrogen (secondary N) is 2. The molecule has 6 rings (SSSR count). The number of rotatable bonds is 8. The van der Waals surface area contributed by atoms with Gasteiger partial charge in [0.05, 0.1) is 35.6 Å². The quantitative estimate of drug-likeness (QED) is 0.386. The molecule has 4 heterocycles. The summed E-state index contributed by atoms with van der Waals surface area (Å²) in [5, 5.41) is 24.3. The monoisotopic (exact) mass is 546 g/mol. The van der Waals surface area contributed by atoms with Crippen LogP contribution in [0, 0.1) is 17.8 Å². The van der Waals surface area contributed by atoms with Crippen molar-refractivity contribution in [2.24, 2.45) is 17.8 Å². The maximum atomic E-state index is 14.1. The Labute approximate surface area is 231 Å². The summed E-state index contributed by atoms with van der Waals surface area (Å²) in [5.74, 6) is -2.74. The maximum Gasteiger partial charge on any atom is 0.247 e. The van der Waals surface area contributed by atoms with Crippen LogP contribution in [-0.4, -0.2) is 72.6 Å². The standard InChI is InChI=1S/C29H34N6O5/c1-17-13-29-23(22(28(17,3)40-29)25(37)30-14-19-9-5-4-6-10-19)27(39)35(18(2)15-36)24(29)26(38)31-16-34-21-12-8-7-11-20(21)32-33-34/h4-12,17-18,22-24,36H,13-16H2,1-3H3,(H,30,37)(H,31,38)/t17?,18-,22-,23+,24?,28+,29?/m1/s1. The summed E-state index contributed by atoms with van der Waals surface area (Å²) in [6, 6.07) is 15.3. The third kappa shape index (κ3) is 3.82. The van der Waals surface area contributed by atoms with Gasteiger partial charge in [0.1, 0.15) is 23.8 Å². The highest BCUT2D eigenvalue weighted by Crippen LogP contribution is 2.65. The van der Waals surface area contributed by atoms with Crippen molar-refractivity contribution in [3.05, 3.63) is 60.2 Å². The number of likely N-dealkylation sites (tertiary alicyclic amines) is 1. The lowest BCUT2D eigenvalue weighted by Gasteiger charge is -2.36. The molecule has 1 aromatic heterocycles. The fraction of sp³-hybridized carbons (Fsp3) is 0.483. The van der Waals surface area contributed by atoms with Crippen LogP contribution in [0.3, 0.4) is 0 Å². The van der Waals surface area contributed by atoms with Crippen molar-refractivity contribution in [2.75, 3.05) is 6.61 Å². The van der Waals surface area contributed by atoms with Gasteiger partial charge in [-0.25, -0.2) is 4.68 Å². The van der Waals surface area contributed by atoms with Crippen molar-refractivity contribution in [1.29, 1.82) is 0 Å². The summed E-state index contributed by atoms with van der Waals surface area (Å²) in [5.41, 5.74) is 0.287. The molecule has 210 valence electrons. The lowest BCUT2D eigenvalue weighted by Crippen LogP contribution is -2.57. The predicted octanol–water partition coefficient (Wildman–Crippen LogP) is 1.21. The largest absolute Gasteiger partial charge is 0.394 e. The third-order valence-corrected chi connectivity index (χ3v) is 9.16. The maximum absolute atomic E-state index is 14.1. The molecule has 11 heteroatoms. The Balaban J connectivity index is 1.31. The van der Waals surface area contributed by atoms with Crippen LogP contribution >= 0.6 is 0 Å². The highest BCUT2D eigenvalue weighted by atomic mass is 16.5. The van der Waals surface area contributed by atoms with Gasteiger partial charge >= 0.3 is 0 Å². The first kappa shape index (κ1) is 26.4. The summed E-state index contributed by atoms with van der Waals surface area (Å²) in [7, 11) is 0. The minimum Gasteiger partial charge on any atom is -0.394 e. The van der Waals surface area contributed by atoms with Gasteiger partial charge in [0.2, 0.25) is 17.7 Å². The van der Waals surface area contributed by atoms with E-state index >= 15 is 0 Å². The second kappa shape index (κ2) is 9.67. The molecule has 0 saturated carbocycles. The molecule has 3 unspecified atom stereocenters. The van der Waals surface area contributed by atoms with Crippen LogP contribution in [0.2, 0.25) is 0 Å². The van der Waals surface area contributed by atoms with Gasteiger partial charge < -0.3 is 25.4 Å². The van der Waals surface area contributed by atoms with E-state index in [-0.39, 0.29) is 31.0 Å². The van der Waals surface area contributed by atoms with E-state index in [2.05, 4.69) is 20.9 Å². The minimum atomic E-state index is -1.20. The number of carbonyl (C=O) groups is 3. The summed E-state index contributed by atoms with van der Waals surface area (Å²) in [4.78, 5) is 43.2. The van der Waals surface area contributed by atoms with Gasteiger partial charge in [-0.2, -0.15) is 0 Å². The van der Waals surface area contributed by atoms with Crippen LogP contribution in [0.15, 0.2) is 54.6 Å². The van der Waals surface area contributed by atoms with Gasteiger partial charge in [0.15, 0.2) is 0 Å². The lowest BCUT2D eigenvalue weighted by molar-refractivity contribution is -0.150. The van der Waals surface area contributed by atoms with Crippen LogP contribution in [-0.2, 0) is 32.3 Å². The number of benzene rings is 2. The summed E-state index contributed by atoms with van der Waals surface area (Å²) >= 11 is 0. The molecule has 3 aromatic rings. The first-order chi connectivity index (χ1) is 19.2. The molecule has 3 amide bonds. The molecule has 3 aliphatic rings. The van der Waals surface area contributed by atoms with E-state index in [1.807, 2.05) is 68.4 Å². The van der Waals surface area contributed by atoms with Crippen LogP contribution in [0.25, 0.3) is 11.0 Å². The Kier molecular flexibility index (Phi) is 6.38. The summed E-state index contributed by atoms with van der Waals surface area (Å²) < 4.78 is 8.28. The fourth-order valence-corrected chi connectivity index (χ4v) is 7.12. The number of amides is 3. The smallest absolute Gasteiger partial charge is 0.247 e. The number of aliphatic hydroxyl groups is 1. The van der Waals surface area contributed by atoms with E-state index in [1.54, 1.807) is 11.6 Å². The van der Waals surface area contributed by atoms with Crippen LogP contribution in [0.5, 0.6) is 0 Å². The van der Waals surface area contributed by atoms with E-state index in [0.29, 0.717) is 18.5 Å². The molecule has 1 spiro atoms. The average Bonchev–Trinajstić information content (AvgIpc) is 3.64. The number of hydrogen-bond acceptors (Lipinski definition) is 7. The summed E-state index contributed by atoms with van der Waals surface area (Å²) in [6.07, 6.45) is 0.446. The Morgan fingerprint density at radius 1 is 1.12 bits per heavy atom. The van der Waals surface area contributed by atoms with E-state index in [9.17, 15) is 19.5 Å². The lowest BCUT2D eigenvalue weighted by atomic mass is 9.62. The van der Waals surface area contributed by atoms with Crippen molar-refractivity contribution in [3.63, 3.8) is 0 Å². The van der Waals surface area contributed by atoms with Gasteiger partial charge in [-0.05, 0) is 43.9 Å². The molecule has 11 nitrogen and oxygen atoms in total. The number of para-hydroxylation sites is 1. The number of aliphatic hydroxyl groups excluding tert-OH is 1. The Morgan fingerprint density at radius 3 is 2.60 bits per heavy atom. The van der Waals surface area contributed by atoms with Crippen LogP contribution < -0.4 is 10.6 Å². The topological polar surface area (TPSA) is 139 Å². The van der Waals surface area contributed by atoms with E-state index in [1.165, 1.54) is 4.90 Å². The van der Waals surface area contributed by atoms with Gasteiger partial charge in [0, 0.05) is 6.54 Å². The first-order valence-electron chi connectivity index (χ1n) is 13.7. The summed E-state index contributed by atoms with van der Waals surface area (Å²) in [6.45, 7) is 5.61. The number of hydrogen-bond donors (Lipinski definition) is 3. The predicted molar refractivity (Wildman–Crippen MR) is 144 cm³/mol. The first-order valence-corrected chi connectivity index (χ1v) is 13.7. The molecule has 7 atom stereocenters. The zero-order valence-corrected chi connectivity index (χ0v) is 22.8. The SMILES string of the molecule is CC1CC23O[C@]1(C)[C@@H](C(=O)NCc1ccccc1)[C@H]2C(=O)N([C@H](C)CO)C3C(=O)NCn1nnc2ccccc21. The number of carbonyl (C=O) groups excluding carboxylic acids is 3. The molecular weight excluding hydrogens is 512 g/mol. The second-order valence-corrected chi connectivity index (χ2v) is 11.5. The molecular formula is C29H34N6O5. The van der Waals surface area contributed by atoms with E-state index in [4.69, 9.17) is 4.74 Å². The molecule has 3 saturated heterocycles. The Hall–Kier alpha value is -3.83. The highest BCUT2D eigenvalue weighted by Gasteiger charge is 2.80. The number of ether oxygens (including phenoxy) is 1. The van der Waals surface area contributed by atoms with E-state index in [0.717, 1.165) is 11.1 Å². The third-order valence-electron chi connectivity index (χ3n) is 9.16. The van der Waals surface area contributed by atoms with Gasteiger partial charge in [-0.1, -0.05) is 54.6 Å². The number of aromatic nitrogens is 3. The number of nitrogens with zero attached hydrogens (tertiary/aromatic N) is 4. The zero-order valence-electron chi connectivity index (χ0n) is 22.8. The molecule has 3 aliphatic heterocycles.